The topological polar surface area (TPSA) is 107 Å². The summed E-state index contributed by atoms with van der Waals surface area (Å²) in [6.07, 6.45) is -3.68. The Balaban J connectivity index is 2.02. The van der Waals surface area contributed by atoms with Crippen LogP contribution in [0.1, 0.15) is 23.6 Å². The lowest BCUT2D eigenvalue weighted by Crippen LogP contribution is -2.49. The van der Waals surface area contributed by atoms with Crippen molar-refractivity contribution in [3.05, 3.63) is 76.6 Å². The number of carbonyl (C=O) groups is 1. The molecule has 3 N–H and O–H groups in total. The highest BCUT2D eigenvalue weighted by molar-refractivity contribution is 6.05. The highest BCUT2D eigenvalue weighted by Crippen LogP contribution is 2.33. The van der Waals surface area contributed by atoms with E-state index in [2.05, 4.69) is 5.32 Å². The molecule has 0 aromatic heterocycles. The minimum Gasteiger partial charge on any atom is -0.332 e. The van der Waals surface area contributed by atoms with Gasteiger partial charge in [0.1, 0.15) is 5.84 Å². The maximum Gasteiger partial charge on any atom is 0.416 e. The first-order chi connectivity index (χ1) is 14.7. The van der Waals surface area contributed by atoms with Gasteiger partial charge in [0.05, 0.1) is 41.5 Å². The number of urea groups is 1. The zero-order valence-corrected chi connectivity index (χ0v) is 16.3. The Labute approximate surface area is 176 Å². The molecular formula is C21H17F3N6O. The summed E-state index contributed by atoms with van der Waals surface area (Å²) in [7, 11) is 0. The van der Waals surface area contributed by atoms with Crippen LogP contribution in [-0.2, 0) is 6.18 Å². The van der Waals surface area contributed by atoms with Gasteiger partial charge in [0.15, 0.2) is 0 Å². The van der Waals surface area contributed by atoms with Crippen molar-refractivity contribution < 1.29 is 18.0 Å². The SMILES string of the molecule is CC1=C(N(C=N)C(=N)c2ccc(C#N)cc2)CNC(=O)N1c1cccc(C(F)(F)F)c1. The molecule has 10 heteroatoms. The molecule has 2 aromatic carbocycles. The van der Waals surface area contributed by atoms with Gasteiger partial charge in [-0.2, -0.15) is 18.4 Å². The number of nitriles is 1. The molecule has 0 aliphatic carbocycles. The fraction of sp³-hybridized carbons (Fsp3) is 0.143. The van der Waals surface area contributed by atoms with E-state index < -0.39 is 17.8 Å². The third-order valence-corrected chi connectivity index (χ3v) is 4.74. The van der Waals surface area contributed by atoms with E-state index in [1.54, 1.807) is 12.1 Å². The van der Waals surface area contributed by atoms with Crippen molar-refractivity contribution in [3.63, 3.8) is 0 Å². The van der Waals surface area contributed by atoms with Crippen molar-refractivity contribution in [2.24, 2.45) is 0 Å². The van der Waals surface area contributed by atoms with Gasteiger partial charge in [0, 0.05) is 11.3 Å². The molecule has 0 spiro atoms. The van der Waals surface area contributed by atoms with Gasteiger partial charge in [-0.05, 0) is 49.4 Å². The monoisotopic (exact) mass is 426 g/mol. The van der Waals surface area contributed by atoms with Crippen molar-refractivity contribution >= 4 is 23.9 Å². The Hall–Kier alpha value is -4.13. The molecule has 7 nitrogen and oxygen atoms in total. The molecule has 0 unspecified atom stereocenters. The number of rotatable bonds is 4. The standard InChI is InChI=1S/C21H17F3N6O/c1-13-18(29(12-26)19(27)15-7-5-14(10-25)6-8-15)11-28-20(31)30(13)17-4-2-3-16(9-17)21(22,23)24/h2-9,12,26-27H,11H2,1H3,(H,28,31). The number of anilines is 1. The average Bonchev–Trinajstić information content (AvgIpc) is 2.75. The Morgan fingerprint density at radius 1 is 1.26 bits per heavy atom. The summed E-state index contributed by atoms with van der Waals surface area (Å²) in [4.78, 5) is 14.8. The number of allylic oxidation sites excluding steroid dienone is 1. The molecule has 0 saturated carbocycles. The van der Waals surface area contributed by atoms with E-state index in [4.69, 9.17) is 16.1 Å². The van der Waals surface area contributed by atoms with E-state index in [1.165, 1.54) is 36.1 Å². The lowest BCUT2D eigenvalue weighted by atomic mass is 10.1. The van der Waals surface area contributed by atoms with Crippen LogP contribution in [0.15, 0.2) is 59.9 Å². The number of carbonyl (C=O) groups excluding carboxylic acids is 1. The summed E-state index contributed by atoms with van der Waals surface area (Å²) in [5.41, 5.74) is 0.578. The molecule has 2 amide bonds. The van der Waals surface area contributed by atoms with Crippen molar-refractivity contribution in [2.45, 2.75) is 13.1 Å². The first-order valence-corrected chi connectivity index (χ1v) is 9.01. The minimum atomic E-state index is -4.57. The predicted octanol–water partition coefficient (Wildman–Crippen LogP) is 4.27. The lowest BCUT2D eigenvalue weighted by Gasteiger charge is -2.35. The largest absolute Gasteiger partial charge is 0.416 e. The van der Waals surface area contributed by atoms with Crippen LogP contribution in [0.3, 0.4) is 0 Å². The molecule has 0 radical (unpaired) electrons. The molecule has 0 saturated heterocycles. The molecule has 0 bridgehead atoms. The number of amides is 2. The summed E-state index contributed by atoms with van der Waals surface area (Å²) in [5.74, 6) is -0.0889. The minimum absolute atomic E-state index is 0.0110. The number of amidine groups is 1. The first kappa shape index (κ1) is 21.6. The average molecular weight is 426 g/mol. The third-order valence-electron chi connectivity index (χ3n) is 4.74. The fourth-order valence-electron chi connectivity index (χ4n) is 3.16. The second-order valence-corrected chi connectivity index (χ2v) is 6.61. The molecule has 1 aliphatic heterocycles. The van der Waals surface area contributed by atoms with Gasteiger partial charge in [0.25, 0.3) is 0 Å². The zero-order chi connectivity index (χ0) is 22.8. The number of nitrogens with zero attached hydrogens (tertiary/aromatic N) is 3. The highest BCUT2D eigenvalue weighted by atomic mass is 19.4. The molecule has 1 heterocycles. The van der Waals surface area contributed by atoms with Crippen molar-refractivity contribution in [2.75, 3.05) is 11.4 Å². The van der Waals surface area contributed by atoms with Gasteiger partial charge >= 0.3 is 12.2 Å². The third kappa shape index (κ3) is 4.25. The van der Waals surface area contributed by atoms with Crippen LogP contribution < -0.4 is 10.2 Å². The maximum atomic E-state index is 13.1. The first-order valence-electron chi connectivity index (χ1n) is 9.01. The van der Waals surface area contributed by atoms with Crippen LogP contribution in [0.25, 0.3) is 0 Å². The number of hydrogen-bond donors (Lipinski definition) is 3. The van der Waals surface area contributed by atoms with Crippen LogP contribution in [0, 0.1) is 22.1 Å². The van der Waals surface area contributed by atoms with E-state index in [9.17, 15) is 18.0 Å². The number of nitrogens with one attached hydrogen (secondary N) is 3. The van der Waals surface area contributed by atoms with Crippen LogP contribution in [0.4, 0.5) is 23.7 Å². The Morgan fingerprint density at radius 3 is 2.52 bits per heavy atom. The molecule has 1 aliphatic rings. The number of halogens is 3. The Morgan fingerprint density at radius 2 is 1.94 bits per heavy atom. The molecule has 0 atom stereocenters. The summed E-state index contributed by atoms with van der Waals surface area (Å²) in [6.45, 7) is 1.52. The van der Waals surface area contributed by atoms with Crippen LogP contribution >= 0.6 is 0 Å². The van der Waals surface area contributed by atoms with Gasteiger partial charge in [-0.15, -0.1) is 0 Å². The van der Waals surface area contributed by atoms with Gasteiger partial charge in [-0.1, -0.05) is 6.07 Å². The number of hydrogen-bond acceptors (Lipinski definition) is 4. The second kappa shape index (κ2) is 8.31. The van der Waals surface area contributed by atoms with E-state index in [-0.39, 0.29) is 23.8 Å². The molecule has 0 fully saturated rings. The van der Waals surface area contributed by atoms with Crippen LogP contribution in [0.2, 0.25) is 0 Å². The van der Waals surface area contributed by atoms with E-state index in [0.717, 1.165) is 23.4 Å². The Kier molecular flexibility index (Phi) is 5.79. The molecule has 2 aromatic rings. The van der Waals surface area contributed by atoms with E-state index in [1.807, 2.05) is 6.07 Å². The van der Waals surface area contributed by atoms with Crippen LogP contribution in [0.5, 0.6) is 0 Å². The van der Waals surface area contributed by atoms with Crippen molar-refractivity contribution in [1.82, 2.24) is 10.2 Å². The van der Waals surface area contributed by atoms with Crippen molar-refractivity contribution in [1.29, 1.82) is 16.1 Å². The summed E-state index contributed by atoms with van der Waals surface area (Å²) < 4.78 is 39.4. The maximum absolute atomic E-state index is 13.1. The molecular weight excluding hydrogens is 409 g/mol. The molecule has 158 valence electrons. The second-order valence-electron chi connectivity index (χ2n) is 6.61. The smallest absolute Gasteiger partial charge is 0.332 e. The van der Waals surface area contributed by atoms with E-state index in [0.29, 0.717) is 16.8 Å². The molecule has 31 heavy (non-hydrogen) atoms. The van der Waals surface area contributed by atoms with Crippen molar-refractivity contribution in [3.8, 4) is 6.07 Å². The predicted molar refractivity (Wildman–Crippen MR) is 109 cm³/mol. The van der Waals surface area contributed by atoms with Gasteiger partial charge in [0.2, 0.25) is 0 Å². The zero-order valence-electron chi connectivity index (χ0n) is 16.3. The molecule has 3 rings (SSSR count). The normalized spacial score (nSPS) is 14.0. The van der Waals surface area contributed by atoms with Gasteiger partial charge in [-0.3, -0.25) is 20.6 Å². The van der Waals surface area contributed by atoms with E-state index >= 15 is 0 Å². The number of alkyl halides is 3. The van der Waals surface area contributed by atoms with Gasteiger partial charge < -0.3 is 5.32 Å². The quantitative estimate of drug-likeness (QED) is 0.502. The summed E-state index contributed by atoms with van der Waals surface area (Å²) in [5, 5.41) is 27.7. The lowest BCUT2D eigenvalue weighted by molar-refractivity contribution is -0.137. The summed E-state index contributed by atoms with van der Waals surface area (Å²) >= 11 is 0. The fourth-order valence-corrected chi connectivity index (χ4v) is 3.16. The van der Waals surface area contributed by atoms with Gasteiger partial charge in [-0.25, -0.2) is 4.79 Å². The van der Waals surface area contributed by atoms with Crippen LogP contribution in [-0.4, -0.2) is 29.6 Å². The summed E-state index contributed by atoms with van der Waals surface area (Å²) in [6, 6.07) is 11.9. The highest BCUT2D eigenvalue weighted by Gasteiger charge is 2.33. The number of benzene rings is 2. The Bertz CT molecular complexity index is 1120.